The van der Waals surface area contributed by atoms with Crippen LogP contribution in [0.3, 0.4) is 0 Å². The summed E-state index contributed by atoms with van der Waals surface area (Å²) in [6.07, 6.45) is 1.76. The van der Waals surface area contributed by atoms with Crippen LogP contribution in [0.4, 0.5) is 5.69 Å². The Morgan fingerprint density at radius 3 is 2.92 bits per heavy atom. The van der Waals surface area contributed by atoms with E-state index in [1.165, 1.54) is 0 Å². The minimum atomic E-state index is 0.665. The Balaban J connectivity index is 2.96. The van der Waals surface area contributed by atoms with Gasteiger partial charge in [-0.3, -0.25) is 4.99 Å². The summed E-state index contributed by atoms with van der Waals surface area (Å²) in [7, 11) is 0. The van der Waals surface area contributed by atoms with Crippen molar-refractivity contribution in [1.82, 2.24) is 0 Å². The topological polar surface area (TPSA) is 21.6 Å². The third kappa shape index (κ3) is 2.84. The van der Waals surface area contributed by atoms with Gasteiger partial charge >= 0.3 is 0 Å². The summed E-state index contributed by atoms with van der Waals surface area (Å²) in [5.41, 5.74) is 0.911. The zero-order valence-electron chi connectivity index (χ0n) is 7.75. The Morgan fingerprint density at radius 2 is 2.31 bits per heavy atom. The summed E-state index contributed by atoms with van der Waals surface area (Å²) < 4.78 is 6.37. The zero-order valence-corrected chi connectivity index (χ0v) is 9.34. The van der Waals surface area contributed by atoms with E-state index in [9.17, 15) is 0 Å². The SMILES string of the molecule is CC=Nc1ccc(Br)c(OCC)c1. The number of halogens is 1. The molecule has 70 valence electrons. The molecule has 0 N–H and O–H groups in total. The first kappa shape index (κ1) is 10.3. The summed E-state index contributed by atoms with van der Waals surface area (Å²) >= 11 is 3.41. The highest BCUT2D eigenvalue weighted by atomic mass is 79.9. The monoisotopic (exact) mass is 241 g/mol. The summed E-state index contributed by atoms with van der Waals surface area (Å²) in [6, 6.07) is 5.79. The first-order valence-electron chi connectivity index (χ1n) is 4.19. The van der Waals surface area contributed by atoms with Crippen LogP contribution in [-0.4, -0.2) is 12.8 Å². The summed E-state index contributed by atoms with van der Waals surface area (Å²) in [6.45, 7) is 4.52. The Bertz CT molecular complexity index is 310. The van der Waals surface area contributed by atoms with E-state index >= 15 is 0 Å². The molecule has 0 aliphatic rings. The van der Waals surface area contributed by atoms with Crippen molar-refractivity contribution in [2.24, 2.45) is 4.99 Å². The van der Waals surface area contributed by atoms with E-state index < -0.39 is 0 Å². The zero-order chi connectivity index (χ0) is 9.68. The molecule has 1 rings (SSSR count). The number of aliphatic imine (C=N–C) groups is 1. The molecular weight excluding hydrogens is 230 g/mol. The second-order valence-corrected chi connectivity index (χ2v) is 3.29. The van der Waals surface area contributed by atoms with Crippen LogP contribution in [0.25, 0.3) is 0 Å². The number of rotatable bonds is 3. The third-order valence-electron chi connectivity index (χ3n) is 1.49. The normalized spacial score (nSPS) is 10.7. The van der Waals surface area contributed by atoms with Crippen molar-refractivity contribution >= 4 is 27.8 Å². The van der Waals surface area contributed by atoms with Gasteiger partial charge < -0.3 is 4.74 Å². The van der Waals surface area contributed by atoms with Crippen molar-refractivity contribution < 1.29 is 4.74 Å². The predicted octanol–water partition coefficient (Wildman–Crippen LogP) is 3.57. The first-order valence-corrected chi connectivity index (χ1v) is 4.98. The molecule has 0 saturated heterocycles. The predicted molar refractivity (Wildman–Crippen MR) is 59.1 cm³/mol. The standard InChI is InChI=1S/C10H12BrNO/c1-3-12-8-5-6-9(11)10(7-8)13-4-2/h3,5-7H,4H2,1-2H3. The molecule has 0 unspecified atom stereocenters. The average molecular weight is 242 g/mol. The van der Waals surface area contributed by atoms with Crippen LogP contribution in [0.5, 0.6) is 5.75 Å². The van der Waals surface area contributed by atoms with E-state index in [1.807, 2.05) is 32.0 Å². The van der Waals surface area contributed by atoms with Crippen molar-refractivity contribution in [1.29, 1.82) is 0 Å². The summed E-state index contributed by atoms with van der Waals surface area (Å²) in [4.78, 5) is 4.16. The second kappa shape index (κ2) is 5.02. The highest BCUT2D eigenvalue weighted by Gasteiger charge is 2.00. The summed E-state index contributed by atoms with van der Waals surface area (Å²) in [5, 5.41) is 0. The summed E-state index contributed by atoms with van der Waals surface area (Å²) in [5.74, 6) is 0.839. The fraction of sp³-hybridized carbons (Fsp3) is 0.300. The molecule has 3 heteroatoms. The van der Waals surface area contributed by atoms with Crippen LogP contribution in [0, 0.1) is 0 Å². The lowest BCUT2D eigenvalue weighted by molar-refractivity contribution is 0.338. The van der Waals surface area contributed by atoms with Gasteiger partial charge in [0.1, 0.15) is 5.75 Å². The van der Waals surface area contributed by atoms with Gasteiger partial charge in [0.2, 0.25) is 0 Å². The fourth-order valence-electron chi connectivity index (χ4n) is 0.988. The van der Waals surface area contributed by atoms with Gasteiger partial charge in [0.25, 0.3) is 0 Å². The van der Waals surface area contributed by atoms with Gasteiger partial charge in [0, 0.05) is 12.3 Å². The fourth-order valence-corrected chi connectivity index (χ4v) is 1.35. The minimum Gasteiger partial charge on any atom is -0.493 e. The van der Waals surface area contributed by atoms with Gasteiger partial charge in [-0.15, -0.1) is 0 Å². The van der Waals surface area contributed by atoms with Crippen LogP contribution < -0.4 is 4.74 Å². The lowest BCUT2D eigenvalue weighted by atomic mass is 10.3. The van der Waals surface area contributed by atoms with Gasteiger partial charge in [0.15, 0.2) is 0 Å². The molecule has 0 aliphatic carbocycles. The molecule has 1 aromatic carbocycles. The number of hydrogen-bond donors (Lipinski definition) is 0. The average Bonchev–Trinajstić information content (AvgIpc) is 2.12. The van der Waals surface area contributed by atoms with Crippen molar-refractivity contribution in [3.05, 3.63) is 22.7 Å². The van der Waals surface area contributed by atoms with E-state index in [0.29, 0.717) is 6.61 Å². The maximum Gasteiger partial charge on any atom is 0.135 e. The third-order valence-corrected chi connectivity index (χ3v) is 2.15. The van der Waals surface area contributed by atoms with Gasteiger partial charge in [-0.25, -0.2) is 0 Å². The van der Waals surface area contributed by atoms with E-state index in [1.54, 1.807) is 6.21 Å². The van der Waals surface area contributed by atoms with Gasteiger partial charge in [0.05, 0.1) is 16.8 Å². The smallest absolute Gasteiger partial charge is 0.135 e. The molecule has 0 spiro atoms. The van der Waals surface area contributed by atoms with E-state index in [0.717, 1.165) is 15.9 Å². The van der Waals surface area contributed by atoms with Crippen LogP contribution in [0.15, 0.2) is 27.7 Å². The van der Waals surface area contributed by atoms with Crippen LogP contribution in [0.1, 0.15) is 13.8 Å². The molecule has 0 radical (unpaired) electrons. The van der Waals surface area contributed by atoms with Crippen LogP contribution in [0.2, 0.25) is 0 Å². The highest BCUT2D eigenvalue weighted by molar-refractivity contribution is 9.10. The van der Waals surface area contributed by atoms with Gasteiger partial charge in [-0.1, -0.05) is 0 Å². The maximum atomic E-state index is 5.40. The molecule has 0 aromatic heterocycles. The maximum absolute atomic E-state index is 5.40. The number of nitrogens with zero attached hydrogens (tertiary/aromatic N) is 1. The van der Waals surface area contributed by atoms with Crippen molar-refractivity contribution in [2.45, 2.75) is 13.8 Å². The molecule has 0 heterocycles. The largest absolute Gasteiger partial charge is 0.493 e. The van der Waals surface area contributed by atoms with Crippen molar-refractivity contribution in [2.75, 3.05) is 6.61 Å². The lowest BCUT2D eigenvalue weighted by Crippen LogP contribution is -1.91. The number of hydrogen-bond acceptors (Lipinski definition) is 2. The van der Waals surface area contributed by atoms with E-state index in [2.05, 4.69) is 20.9 Å². The molecule has 0 aliphatic heterocycles. The Hall–Kier alpha value is -0.830. The molecule has 13 heavy (non-hydrogen) atoms. The van der Waals surface area contributed by atoms with Crippen molar-refractivity contribution in [3.8, 4) is 5.75 Å². The van der Waals surface area contributed by atoms with Crippen LogP contribution in [-0.2, 0) is 0 Å². The molecule has 0 amide bonds. The quantitative estimate of drug-likeness (QED) is 0.742. The number of benzene rings is 1. The van der Waals surface area contributed by atoms with E-state index in [-0.39, 0.29) is 0 Å². The Kier molecular flexibility index (Phi) is 3.96. The molecule has 1 aromatic rings. The number of ether oxygens (including phenoxy) is 1. The Morgan fingerprint density at radius 1 is 1.54 bits per heavy atom. The minimum absolute atomic E-state index is 0.665. The first-order chi connectivity index (χ1) is 6.27. The molecule has 0 atom stereocenters. The van der Waals surface area contributed by atoms with Gasteiger partial charge in [-0.2, -0.15) is 0 Å². The second-order valence-electron chi connectivity index (χ2n) is 2.44. The van der Waals surface area contributed by atoms with Crippen LogP contribution >= 0.6 is 15.9 Å². The molecule has 2 nitrogen and oxygen atoms in total. The Labute approximate surface area is 86.8 Å². The lowest BCUT2D eigenvalue weighted by Gasteiger charge is -2.05. The van der Waals surface area contributed by atoms with Gasteiger partial charge in [-0.05, 0) is 41.9 Å². The molecule has 0 saturated carbocycles. The highest BCUT2D eigenvalue weighted by Crippen LogP contribution is 2.29. The van der Waals surface area contributed by atoms with Crippen molar-refractivity contribution in [3.63, 3.8) is 0 Å². The molecule has 0 bridgehead atoms. The molecular formula is C10H12BrNO. The van der Waals surface area contributed by atoms with E-state index in [4.69, 9.17) is 4.74 Å². The molecule has 0 fully saturated rings.